The van der Waals surface area contributed by atoms with Crippen LogP contribution >= 0.6 is 11.8 Å². The standard InChI is InChI=1S/C11H14N2O4S/c1-7(6-18-2)12-11(15)8-4-3-5-9(10(8)14)13(16)17/h3-5,7,14H,6H2,1-2H3,(H,12,15). The first-order valence-electron chi connectivity index (χ1n) is 5.23. The Kier molecular flexibility index (Phi) is 4.96. The highest BCUT2D eigenvalue weighted by molar-refractivity contribution is 7.98. The summed E-state index contributed by atoms with van der Waals surface area (Å²) in [5.74, 6) is -0.393. The van der Waals surface area contributed by atoms with Gasteiger partial charge in [0.25, 0.3) is 5.91 Å². The summed E-state index contributed by atoms with van der Waals surface area (Å²) in [7, 11) is 0. The van der Waals surface area contributed by atoms with Gasteiger partial charge in [0.15, 0.2) is 0 Å². The first-order valence-corrected chi connectivity index (χ1v) is 6.63. The van der Waals surface area contributed by atoms with Gasteiger partial charge in [-0.2, -0.15) is 11.8 Å². The summed E-state index contributed by atoms with van der Waals surface area (Å²) in [6, 6.07) is 3.79. The number of rotatable bonds is 5. The van der Waals surface area contributed by atoms with E-state index < -0.39 is 22.3 Å². The molecule has 6 nitrogen and oxygen atoms in total. The summed E-state index contributed by atoms with van der Waals surface area (Å²) in [5.41, 5.74) is -0.558. The van der Waals surface area contributed by atoms with Crippen LogP contribution in [0.25, 0.3) is 0 Å². The van der Waals surface area contributed by atoms with E-state index in [9.17, 15) is 20.0 Å². The number of hydrogen-bond acceptors (Lipinski definition) is 5. The summed E-state index contributed by atoms with van der Waals surface area (Å²) >= 11 is 1.57. The SMILES string of the molecule is CSCC(C)NC(=O)c1cccc([N+](=O)[O-])c1O. The molecule has 0 bridgehead atoms. The van der Waals surface area contributed by atoms with Gasteiger partial charge in [-0.15, -0.1) is 0 Å². The fourth-order valence-corrected chi connectivity index (χ4v) is 2.04. The topological polar surface area (TPSA) is 92.5 Å². The first-order chi connectivity index (χ1) is 8.47. The van der Waals surface area contributed by atoms with E-state index in [-0.39, 0.29) is 11.6 Å². The number of thioether (sulfide) groups is 1. The average Bonchev–Trinajstić information content (AvgIpc) is 2.28. The molecule has 0 aliphatic carbocycles. The minimum absolute atomic E-state index is 0.0776. The van der Waals surface area contributed by atoms with Crippen molar-refractivity contribution < 1.29 is 14.8 Å². The molecule has 1 atom stereocenters. The second kappa shape index (κ2) is 6.25. The molecule has 0 saturated heterocycles. The van der Waals surface area contributed by atoms with Crippen molar-refractivity contribution in [1.29, 1.82) is 0 Å². The summed E-state index contributed by atoms with van der Waals surface area (Å²) in [6.07, 6.45) is 1.91. The lowest BCUT2D eigenvalue weighted by molar-refractivity contribution is -0.385. The fraction of sp³-hybridized carbons (Fsp3) is 0.364. The Bertz CT molecular complexity index is 464. The van der Waals surface area contributed by atoms with Gasteiger partial charge in [-0.05, 0) is 19.2 Å². The Balaban J connectivity index is 2.93. The second-order valence-corrected chi connectivity index (χ2v) is 4.67. The molecule has 0 aliphatic rings. The van der Waals surface area contributed by atoms with Crippen LogP contribution in [0.2, 0.25) is 0 Å². The van der Waals surface area contributed by atoms with E-state index in [1.165, 1.54) is 12.1 Å². The molecule has 2 N–H and O–H groups in total. The van der Waals surface area contributed by atoms with Crippen molar-refractivity contribution >= 4 is 23.4 Å². The highest BCUT2D eigenvalue weighted by Gasteiger charge is 2.21. The van der Waals surface area contributed by atoms with Crippen LogP contribution in [-0.2, 0) is 0 Å². The third-order valence-electron chi connectivity index (χ3n) is 2.25. The maximum absolute atomic E-state index is 11.8. The number of nitrogens with one attached hydrogen (secondary N) is 1. The molecule has 1 rings (SSSR count). The number of benzene rings is 1. The third-order valence-corrected chi connectivity index (χ3v) is 3.08. The Labute approximate surface area is 109 Å². The molecule has 0 spiro atoms. The smallest absolute Gasteiger partial charge is 0.311 e. The molecule has 7 heteroatoms. The van der Waals surface area contributed by atoms with Gasteiger partial charge in [0, 0.05) is 17.9 Å². The van der Waals surface area contributed by atoms with Crippen LogP contribution in [0, 0.1) is 10.1 Å². The van der Waals surface area contributed by atoms with Gasteiger partial charge in [-0.3, -0.25) is 14.9 Å². The molecule has 1 aromatic carbocycles. The Morgan fingerprint density at radius 3 is 2.83 bits per heavy atom. The number of nitro groups is 1. The number of nitro benzene ring substituents is 1. The molecule has 18 heavy (non-hydrogen) atoms. The molecule has 0 fully saturated rings. The van der Waals surface area contributed by atoms with Crippen LogP contribution < -0.4 is 5.32 Å². The Hall–Kier alpha value is -1.76. The van der Waals surface area contributed by atoms with Crippen LogP contribution in [-0.4, -0.2) is 34.0 Å². The quantitative estimate of drug-likeness (QED) is 0.628. The molecule has 0 aromatic heterocycles. The van der Waals surface area contributed by atoms with Crippen LogP contribution in [0.4, 0.5) is 5.69 Å². The van der Waals surface area contributed by atoms with Crippen molar-refractivity contribution in [3.8, 4) is 5.75 Å². The summed E-state index contributed by atoms with van der Waals surface area (Å²) in [5, 5.41) is 23.0. The molecule has 0 heterocycles. The molecule has 98 valence electrons. The Morgan fingerprint density at radius 2 is 2.28 bits per heavy atom. The van der Waals surface area contributed by atoms with Crippen molar-refractivity contribution in [3.63, 3.8) is 0 Å². The van der Waals surface area contributed by atoms with Gasteiger partial charge in [0.2, 0.25) is 5.75 Å². The van der Waals surface area contributed by atoms with Gasteiger partial charge >= 0.3 is 5.69 Å². The zero-order valence-electron chi connectivity index (χ0n) is 10.0. The normalized spacial score (nSPS) is 11.9. The monoisotopic (exact) mass is 270 g/mol. The predicted molar refractivity (Wildman–Crippen MR) is 70.1 cm³/mol. The zero-order chi connectivity index (χ0) is 13.7. The number of hydrogen-bond donors (Lipinski definition) is 2. The van der Waals surface area contributed by atoms with E-state index in [4.69, 9.17) is 0 Å². The summed E-state index contributed by atoms with van der Waals surface area (Å²) < 4.78 is 0. The number of aromatic hydroxyl groups is 1. The van der Waals surface area contributed by atoms with Gasteiger partial charge in [0.1, 0.15) is 0 Å². The van der Waals surface area contributed by atoms with Crippen molar-refractivity contribution in [2.75, 3.05) is 12.0 Å². The largest absolute Gasteiger partial charge is 0.502 e. The summed E-state index contributed by atoms with van der Waals surface area (Å²) in [4.78, 5) is 21.7. The van der Waals surface area contributed by atoms with Gasteiger partial charge in [0.05, 0.1) is 10.5 Å². The molecule has 1 unspecified atom stereocenters. The van der Waals surface area contributed by atoms with Gasteiger partial charge in [-0.25, -0.2) is 0 Å². The number of para-hydroxylation sites is 1. The number of nitrogens with zero attached hydrogens (tertiary/aromatic N) is 1. The first kappa shape index (κ1) is 14.3. The van der Waals surface area contributed by atoms with E-state index in [0.717, 1.165) is 11.8 Å². The molecule has 0 aliphatic heterocycles. The van der Waals surface area contributed by atoms with E-state index in [2.05, 4.69) is 5.32 Å². The summed E-state index contributed by atoms with van der Waals surface area (Å²) in [6.45, 7) is 1.82. The number of carbonyl (C=O) groups excluding carboxylic acids is 1. The third kappa shape index (κ3) is 3.36. The number of amides is 1. The Morgan fingerprint density at radius 1 is 1.61 bits per heavy atom. The maximum Gasteiger partial charge on any atom is 0.311 e. The molecule has 1 aromatic rings. The minimum atomic E-state index is -0.725. The van der Waals surface area contributed by atoms with E-state index >= 15 is 0 Å². The van der Waals surface area contributed by atoms with Crippen LogP contribution in [0.1, 0.15) is 17.3 Å². The van der Waals surface area contributed by atoms with Gasteiger partial charge < -0.3 is 10.4 Å². The van der Waals surface area contributed by atoms with E-state index in [0.29, 0.717) is 0 Å². The number of carbonyl (C=O) groups is 1. The van der Waals surface area contributed by atoms with Crippen molar-refractivity contribution in [2.45, 2.75) is 13.0 Å². The van der Waals surface area contributed by atoms with E-state index in [1.54, 1.807) is 11.8 Å². The van der Waals surface area contributed by atoms with E-state index in [1.807, 2.05) is 13.2 Å². The number of phenolic OH excluding ortho intramolecular Hbond substituents is 1. The highest BCUT2D eigenvalue weighted by atomic mass is 32.2. The van der Waals surface area contributed by atoms with Crippen LogP contribution in [0.15, 0.2) is 18.2 Å². The van der Waals surface area contributed by atoms with Crippen molar-refractivity contribution in [3.05, 3.63) is 33.9 Å². The number of phenols is 1. The average molecular weight is 270 g/mol. The van der Waals surface area contributed by atoms with Crippen molar-refractivity contribution in [1.82, 2.24) is 5.32 Å². The maximum atomic E-state index is 11.8. The van der Waals surface area contributed by atoms with Crippen molar-refractivity contribution in [2.24, 2.45) is 0 Å². The fourth-order valence-electron chi connectivity index (χ4n) is 1.46. The van der Waals surface area contributed by atoms with Gasteiger partial charge in [-0.1, -0.05) is 6.07 Å². The molecular weight excluding hydrogens is 256 g/mol. The second-order valence-electron chi connectivity index (χ2n) is 3.76. The van der Waals surface area contributed by atoms with Crippen LogP contribution in [0.3, 0.4) is 0 Å². The lowest BCUT2D eigenvalue weighted by Gasteiger charge is -2.12. The lowest BCUT2D eigenvalue weighted by Crippen LogP contribution is -2.34. The molecule has 0 radical (unpaired) electrons. The zero-order valence-corrected chi connectivity index (χ0v) is 10.9. The highest BCUT2D eigenvalue weighted by Crippen LogP contribution is 2.29. The molecule has 0 saturated carbocycles. The lowest BCUT2D eigenvalue weighted by atomic mass is 10.1. The van der Waals surface area contributed by atoms with Crippen LogP contribution in [0.5, 0.6) is 5.75 Å². The predicted octanol–water partition coefficient (Wildman–Crippen LogP) is 1.78. The molecular formula is C11H14N2O4S. The minimum Gasteiger partial charge on any atom is -0.502 e. The molecule has 1 amide bonds.